The van der Waals surface area contributed by atoms with Gasteiger partial charge in [-0.3, -0.25) is 4.40 Å². The molecule has 1 N–H and O–H groups in total. The lowest BCUT2D eigenvalue weighted by molar-refractivity contribution is 0.561. The molecule has 0 aliphatic heterocycles. The number of hydrogen-bond acceptors (Lipinski definition) is 5. The Morgan fingerprint density at radius 1 is 1.38 bits per heavy atom. The van der Waals surface area contributed by atoms with Gasteiger partial charge in [-0.05, 0) is 27.2 Å². The summed E-state index contributed by atoms with van der Waals surface area (Å²) in [5, 5.41) is 6.90. The van der Waals surface area contributed by atoms with E-state index in [0.29, 0.717) is 0 Å². The molecule has 3 aromatic rings. The van der Waals surface area contributed by atoms with E-state index in [2.05, 4.69) is 52.8 Å². The van der Waals surface area contributed by atoms with Crippen LogP contribution in [0, 0.1) is 13.8 Å². The van der Waals surface area contributed by atoms with E-state index in [1.807, 2.05) is 6.20 Å². The molecule has 0 saturated heterocycles. The monoisotopic (exact) mass is 320 g/mol. The molecule has 21 heavy (non-hydrogen) atoms. The predicted octanol–water partition coefficient (Wildman–Crippen LogP) is 3.88. The van der Waals surface area contributed by atoms with Crippen molar-refractivity contribution in [2.45, 2.75) is 46.7 Å². The van der Waals surface area contributed by atoms with Crippen LogP contribution >= 0.6 is 22.7 Å². The summed E-state index contributed by atoms with van der Waals surface area (Å²) in [7, 11) is 0. The smallest absolute Gasteiger partial charge is 0.194 e. The molecule has 0 aromatic carbocycles. The fourth-order valence-electron chi connectivity index (χ4n) is 2.40. The fraction of sp³-hybridized carbons (Fsp3) is 0.467. The van der Waals surface area contributed by atoms with Gasteiger partial charge in [0.15, 0.2) is 4.96 Å². The van der Waals surface area contributed by atoms with Crippen molar-refractivity contribution in [1.82, 2.24) is 19.7 Å². The molecule has 0 amide bonds. The fourth-order valence-corrected chi connectivity index (χ4v) is 4.21. The van der Waals surface area contributed by atoms with Crippen LogP contribution in [0.4, 0.5) is 0 Å². The number of rotatable bonds is 5. The molecule has 6 heteroatoms. The third-order valence-electron chi connectivity index (χ3n) is 3.70. The second-order valence-corrected chi connectivity index (χ2v) is 7.24. The molecule has 3 aromatic heterocycles. The summed E-state index contributed by atoms with van der Waals surface area (Å²) in [4.78, 5) is 11.6. The minimum Gasteiger partial charge on any atom is -0.302 e. The number of imidazole rings is 1. The standard InChI is InChI=1S/C15H20N4S2/c1-5-12-6-17-14(21-12)11(4)16-7-13-10(3)18-15-19(13)9(2)8-20-15/h6,8,11,16H,5,7H2,1-4H3. The summed E-state index contributed by atoms with van der Waals surface area (Å²) in [5.74, 6) is 0. The van der Waals surface area contributed by atoms with Gasteiger partial charge in [-0.2, -0.15) is 0 Å². The Hall–Kier alpha value is -1.24. The summed E-state index contributed by atoms with van der Waals surface area (Å²) < 4.78 is 2.25. The van der Waals surface area contributed by atoms with Crippen LogP contribution in [0.5, 0.6) is 0 Å². The summed E-state index contributed by atoms with van der Waals surface area (Å²) in [6.45, 7) is 9.37. The second-order valence-electron chi connectivity index (χ2n) is 5.26. The lowest BCUT2D eigenvalue weighted by atomic mass is 10.3. The highest BCUT2D eigenvalue weighted by molar-refractivity contribution is 7.15. The van der Waals surface area contributed by atoms with Gasteiger partial charge >= 0.3 is 0 Å². The van der Waals surface area contributed by atoms with Gasteiger partial charge in [0.25, 0.3) is 0 Å². The van der Waals surface area contributed by atoms with Gasteiger partial charge in [-0.15, -0.1) is 22.7 Å². The van der Waals surface area contributed by atoms with Crippen LogP contribution in [-0.2, 0) is 13.0 Å². The highest BCUT2D eigenvalue weighted by atomic mass is 32.1. The number of fused-ring (bicyclic) bond motifs is 1. The van der Waals surface area contributed by atoms with E-state index in [1.165, 1.54) is 16.3 Å². The maximum Gasteiger partial charge on any atom is 0.194 e. The van der Waals surface area contributed by atoms with Gasteiger partial charge in [0.1, 0.15) is 5.01 Å². The normalized spacial score (nSPS) is 13.1. The van der Waals surface area contributed by atoms with E-state index < -0.39 is 0 Å². The Morgan fingerprint density at radius 3 is 2.90 bits per heavy atom. The number of hydrogen-bond donors (Lipinski definition) is 1. The molecule has 0 bridgehead atoms. The second kappa shape index (κ2) is 5.87. The molecule has 3 heterocycles. The van der Waals surface area contributed by atoms with Crippen LogP contribution in [0.15, 0.2) is 11.6 Å². The first kappa shape index (κ1) is 14.7. The van der Waals surface area contributed by atoms with Crippen molar-refractivity contribution >= 4 is 27.6 Å². The van der Waals surface area contributed by atoms with Crippen molar-refractivity contribution in [2.24, 2.45) is 0 Å². The van der Waals surface area contributed by atoms with Crippen LogP contribution < -0.4 is 5.32 Å². The van der Waals surface area contributed by atoms with Gasteiger partial charge in [-0.25, -0.2) is 9.97 Å². The van der Waals surface area contributed by atoms with Gasteiger partial charge in [-0.1, -0.05) is 6.92 Å². The number of nitrogens with one attached hydrogen (secondary N) is 1. The quantitative estimate of drug-likeness (QED) is 0.775. The summed E-state index contributed by atoms with van der Waals surface area (Å²) >= 11 is 3.50. The third-order valence-corrected chi connectivity index (χ3v) is 5.96. The highest BCUT2D eigenvalue weighted by Gasteiger charge is 2.15. The van der Waals surface area contributed by atoms with Crippen LogP contribution in [0.1, 0.15) is 46.9 Å². The number of thiazole rings is 2. The van der Waals surface area contributed by atoms with E-state index in [0.717, 1.165) is 28.6 Å². The van der Waals surface area contributed by atoms with Crippen LogP contribution in [0.3, 0.4) is 0 Å². The summed E-state index contributed by atoms with van der Waals surface area (Å²) in [6, 6.07) is 0.263. The van der Waals surface area contributed by atoms with E-state index in [-0.39, 0.29) is 6.04 Å². The van der Waals surface area contributed by atoms with Gasteiger partial charge in [0.05, 0.1) is 17.4 Å². The molecule has 0 aliphatic carbocycles. The molecular weight excluding hydrogens is 300 g/mol. The number of nitrogens with zero attached hydrogens (tertiary/aromatic N) is 3. The predicted molar refractivity (Wildman–Crippen MR) is 89.3 cm³/mol. The first-order valence-corrected chi connectivity index (χ1v) is 8.89. The Balaban J connectivity index is 1.76. The van der Waals surface area contributed by atoms with Crippen molar-refractivity contribution in [3.8, 4) is 0 Å². The van der Waals surface area contributed by atoms with Gasteiger partial charge in [0, 0.05) is 28.7 Å². The van der Waals surface area contributed by atoms with Crippen LogP contribution in [0.2, 0.25) is 0 Å². The van der Waals surface area contributed by atoms with Crippen molar-refractivity contribution < 1.29 is 0 Å². The average Bonchev–Trinajstić information content (AvgIpc) is 3.14. The molecule has 1 unspecified atom stereocenters. The SMILES string of the molecule is CCc1cnc(C(C)NCc2c(C)nc3scc(C)n23)s1. The number of aryl methyl sites for hydroxylation is 3. The number of aromatic nitrogens is 3. The van der Waals surface area contributed by atoms with Crippen molar-refractivity contribution in [3.63, 3.8) is 0 Å². The molecule has 0 radical (unpaired) electrons. The minimum atomic E-state index is 0.263. The Morgan fingerprint density at radius 2 is 2.19 bits per heavy atom. The third kappa shape index (κ3) is 2.75. The zero-order valence-corrected chi connectivity index (χ0v) is 14.4. The van der Waals surface area contributed by atoms with E-state index in [1.54, 1.807) is 22.7 Å². The first-order valence-electron chi connectivity index (χ1n) is 7.20. The molecule has 4 nitrogen and oxygen atoms in total. The zero-order chi connectivity index (χ0) is 15.0. The van der Waals surface area contributed by atoms with Crippen molar-refractivity contribution in [2.75, 3.05) is 0 Å². The maximum absolute atomic E-state index is 4.63. The highest BCUT2D eigenvalue weighted by Crippen LogP contribution is 2.23. The average molecular weight is 320 g/mol. The van der Waals surface area contributed by atoms with E-state index in [9.17, 15) is 0 Å². The minimum absolute atomic E-state index is 0.263. The lowest BCUT2D eigenvalue weighted by Crippen LogP contribution is -2.19. The van der Waals surface area contributed by atoms with E-state index in [4.69, 9.17) is 0 Å². The van der Waals surface area contributed by atoms with Crippen LogP contribution in [0.25, 0.3) is 4.96 Å². The topological polar surface area (TPSA) is 42.2 Å². The summed E-state index contributed by atoms with van der Waals surface area (Å²) in [5.41, 5.74) is 3.61. The molecule has 3 rings (SSSR count). The summed E-state index contributed by atoms with van der Waals surface area (Å²) in [6.07, 6.45) is 3.05. The Kier molecular flexibility index (Phi) is 4.10. The van der Waals surface area contributed by atoms with E-state index >= 15 is 0 Å². The molecule has 0 saturated carbocycles. The maximum atomic E-state index is 4.63. The molecule has 112 valence electrons. The lowest BCUT2D eigenvalue weighted by Gasteiger charge is -2.11. The van der Waals surface area contributed by atoms with Crippen molar-refractivity contribution in [3.05, 3.63) is 38.5 Å². The van der Waals surface area contributed by atoms with Crippen LogP contribution in [-0.4, -0.2) is 14.4 Å². The molecule has 0 aliphatic rings. The van der Waals surface area contributed by atoms with Crippen molar-refractivity contribution in [1.29, 1.82) is 0 Å². The largest absolute Gasteiger partial charge is 0.302 e. The Bertz CT molecular complexity index is 753. The van der Waals surface area contributed by atoms with Gasteiger partial charge < -0.3 is 5.32 Å². The first-order chi connectivity index (χ1) is 10.1. The molecular formula is C15H20N4S2. The molecule has 0 spiro atoms. The zero-order valence-electron chi connectivity index (χ0n) is 12.8. The van der Waals surface area contributed by atoms with Gasteiger partial charge in [0.2, 0.25) is 0 Å². The molecule has 0 fully saturated rings. The Labute approximate surface area is 132 Å². The molecule has 1 atom stereocenters.